The van der Waals surface area contributed by atoms with Crippen molar-refractivity contribution in [2.45, 2.75) is 85.5 Å². The van der Waals surface area contributed by atoms with Crippen molar-refractivity contribution in [3.05, 3.63) is 224 Å². The number of aryl methyl sites for hydroxylation is 2. The van der Waals surface area contributed by atoms with E-state index in [0.717, 1.165) is 145 Å². The topological polar surface area (TPSA) is 513 Å². The van der Waals surface area contributed by atoms with E-state index >= 15 is 0 Å². The van der Waals surface area contributed by atoms with Crippen molar-refractivity contribution < 1.29 is 52.1 Å². The van der Waals surface area contributed by atoms with Gasteiger partial charge in [-0.05, 0) is 171 Å². The van der Waals surface area contributed by atoms with Gasteiger partial charge >= 0.3 is 0 Å². The average molecular weight is 1960 g/mol. The lowest BCUT2D eigenvalue weighted by atomic mass is 10.2. The van der Waals surface area contributed by atoms with Gasteiger partial charge in [0.25, 0.3) is 0 Å². The van der Waals surface area contributed by atoms with Crippen LogP contribution in [-0.4, -0.2) is 261 Å². The highest BCUT2D eigenvalue weighted by Gasteiger charge is 2.25. The highest BCUT2D eigenvalue weighted by Crippen LogP contribution is 2.38. The molecule has 3 aliphatic rings. The average Bonchev–Trinajstić information content (AvgIpc) is 1.66. The Bertz CT molecular complexity index is 6550. The summed E-state index contributed by atoms with van der Waals surface area (Å²) < 4.78 is 68.3. The molecule has 2 unspecified atom stereocenters. The fourth-order valence-electron chi connectivity index (χ4n) is 15.5. The second-order valence-corrected chi connectivity index (χ2v) is 33.6. The summed E-state index contributed by atoms with van der Waals surface area (Å²) in [6, 6.07) is 62.3. The Hall–Kier alpha value is -16.6. The molecule has 8 aromatic heterocycles. The second kappa shape index (κ2) is 51.0. The molecule has 11 heterocycles. The normalized spacial score (nSPS) is 14.2. The van der Waals surface area contributed by atoms with E-state index in [2.05, 4.69) is 141 Å². The lowest BCUT2D eigenvalue weighted by Gasteiger charge is -2.35. The van der Waals surface area contributed by atoms with Crippen molar-refractivity contribution in [3.63, 3.8) is 0 Å². The minimum atomic E-state index is 0.0260. The molecule has 0 spiro atoms. The maximum atomic E-state index is 6.20. The number of hydrogen-bond donors (Lipinski definition) is 11. The molecular formula is C100H123N33O11. The van der Waals surface area contributed by atoms with Crippen molar-refractivity contribution in [3.8, 4) is 69.3 Å². The van der Waals surface area contributed by atoms with Gasteiger partial charge in [0.15, 0.2) is 57.8 Å². The van der Waals surface area contributed by atoms with Crippen molar-refractivity contribution >= 4 is 105 Å². The van der Waals surface area contributed by atoms with Crippen LogP contribution in [-0.2, 0) is 14.2 Å². The van der Waals surface area contributed by atoms with Crippen LogP contribution in [0.25, 0.3) is 23.3 Å². The summed E-state index contributed by atoms with van der Waals surface area (Å²) in [4.78, 5) is 55.3. The fraction of sp³-hybridized carbons (Fsp3) is 0.330. The lowest BCUT2D eigenvalue weighted by molar-refractivity contribution is -0.0686. The van der Waals surface area contributed by atoms with Crippen LogP contribution >= 0.6 is 0 Å². The zero-order valence-corrected chi connectivity index (χ0v) is 82.2. The number of nitrogens with zero attached hydrogens (tertiary/aromatic N) is 22. The molecule has 44 nitrogen and oxygen atoms in total. The van der Waals surface area contributed by atoms with Gasteiger partial charge in [0.1, 0.15) is 46.9 Å². The summed E-state index contributed by atoms with van der Waals surface area (Å²) in [6.45, 7) is 25.7. The summed E-state index contributed by atoms with van der Waals surface area (Å²) >= 11 is 0. The molecule has 0 saturated carbocycles. The minimum Gasteiger partial charge on any atom is -0.497 e. The zero-order valence-electron chi connectivity index (χ0n) is 82.2. The maximum absolute atomic E-state index is 6.20. The standard InChI is InChI=1S/2C28H35N9O3.C27H33N9O3.C17H20N6O2/c1-19-16-36(17-20(2)40-19)12-7-13-39-23-11-10-22(14-24(23)38-3)33-28-34-27(29)37(35-28)26-15-25(30-18-31-26)32-21-8-5-4-6-9-21;1-20-30-25(32-21-8-4-3-5-9-21)19-26(31-20)37-27(29)34-28(35-37)33-22-10-11-23(24(18-22)38-2)40-15-7-6-12-36-13-16-39-17-14-36;1-19-29-24(31-20-7-4-3-5-8-20)18-25(30-19)36-26(28)33-27(34-36)32-21-9-10-22(23(17-21)37-2)39-14-6-11-35-12-15-38-16-13-35;1-11(2)25-14-8-7-12(24-3)10-13(14)20-17-21-16(18)23(22-17)15-6-4-5-9-19-15/h4-6,8-11,14-15,18-20H,7,12-13,16-17H2,1-3H3,(H,30,31,32)(H3,29,33,34,35);3-5,8-11,18-19H,6-7,12-17H2,1-2H3,(H,30,31,32)(H3,29,33,34,35);3-5,7-10,17-18H,6,11-16H2,1-2H3,(H,29,30,31)(H3,28,32,33,34);4-11H,1-3H3,(H3,18,20,21,22). The van der Waals surface area contributed by atoms with Crippen LogP contribution < -0.4 is 98.0 Å². The number of anilines is 18. The molecule has 754 valence electrons. The number of morpholine rings is 3. The van der Waals surface area contributed by atoms with E-state index < -0.39 is 0 Å². The second-order valence-electron chi connectivity index (χ2n) is 33.6. The quantitative estimate of drug-likeness (QED) is 0.0159. The van der Waals surface area contributed by atoms with E-state index in [4.69, 9.17) is 75.0 Å². The minimum absolute atomic E-state index is 0.0260. The summed E-state index contributed by atoms with van der Waals surface area (Å²) in [6.07, 6.45) is 7.54. The van der Waals surface area contributed by atoms with Crippen LogP contribution in [0.5, 0.6) is 46.0 Å². The van der Waals surface area contributed by atoms with E-state index in [9.17, 15) is 0 Å². The molecule has 2 atom stereocenters. The number of ether oxygens (including phenoxy) is 11. The van der Waals surface area contributed by atoms with Crippen molar-refractivity contribution in [1.29, 1.82) is 0 Å². The molecule has 144 heavy (non-hydrogen) atoms. The van der Waals surface area contributed by atoms with Crippen molar-refractivity contribution in [2.24, 2.45) is 0 Å². The monoisotopic (exact) mass is 1960 g/mol. The van der Waals surface area contributed by atoms with Gasteiger partial charge in [-0.1, -0.05) is 60.7 Å². The molecule has 0 amide bonds. The number of pyridine rings is 1. The molecule has 0 bridgehead atoms. The molecule has 0 radical (unpaired) electrons. The van der Waals surface area contributed by atoms with Crippen LogP contribution in [0.3, 0.4) is 0 Å². The van der Waals surface area contributed by atoms with Crippen LogP contribution in [0.4, 0.5) is 105 Å². The largest absolute Gasteiger partial charge is 0.497 e. The van der Waals surface area contributed by atoms with E-state index in [-0.39, 0.29) is 42.1 Å². The highest BCUT2D eigenvalue weighted by atomic mass is 16.5. The molecule has 3 fully saturated rings. The van der Waals surface area contributed by atoms with Gasteiger partial charge in [0.05, 0.1) is 98.7 Å². The van der Waals surface area contributed by atoms with Crippen LogP contribution in [0.1, 0.15) is 65.0 Å². The third-order valence-corrected chi connectivity index (χ3v) is 22.1. The Kier molecular flexibility index (Phi) is 36.1. The predicted octanol–water partition coefficient (Wildman–Crippen LogP) is 14.3. The van der Waals surface area contributed by atoms with Crippen molar-refractivity contribution in [1.82, 2.24) is 109 Å². The maximum Gasteiger partial charge on any atom is 0.249 e. The molecule has 3 saturated heterocycles. The molecule has 7 aromatic carbocycles. The zero-order chi connectivity index (χ0) is 100. The Morgan fingerprint density at radius 1 is 0.354 bits per heavy atom. The van der Waals surface area contributed by atoms with Gasteiger partial charge in [-0.2, -0.15) is 38.7 Å². The number of benzene rings is 7. The number of methoxy groups -OCH3 is 4. The third kappa shape index (κ3) is 29.8. The van der Waals surface area contributed by atoms with Gasteiger partial charge in [0, 0.05) is 135 Å². The first-order valence-corrected chi connectivity index (χ1v) is 47.3. The molecular weight excluding hydrogens is 1840 g/mol. The van der Waals surface area contributed by atoms with Gasteiger partial charge in [-0.25, -0.2) is 34.9 Å². The van der Waals surface area contributed by atoms with E-state index in [1.165, 1.54) is 25.1 Å². The summed E-state index contributed by atoms with van der Waals surface area (Å²) in [5.41, 5.74) is 30.1. The highest BCUT2D eigenvalue weighted by molar-refractivity contribution is 5.68. The Morgan fingerprint density at radius 2 is 0.750 bits per heavy atom. The molecule has 18 rings (SSSR count). The van der Waals surface area contributed by atoms with E-state index in [1.54, 1.807) is 58.9 Å². The smallest absolute Gasteiger partial charge is 0.249 e. The predicted molar refractivity (Wildman–Crippen MR) is 553 cm³/mol. The number of rotatable bonds is 40. The number of para-hydroxylation sites is 3. The van der Waals surface area contributed by atoms with Gasteiger partial charge in [-0.15, -0.1) is 20.4 Å². The third-order valence-electron chi connectivity index (χ3n) is 22.1. The van der Waals surface area contributed by atoms with E-state index in [0.29, 0.717) is 148 Å². The Balaban J connectivity index is 0.000000146. The van der Waals surface area contributed by atoms with Crippen LogP contribution in [0.2, 0.25) is 0 Å². The summed E-state index contributed by atoms with van der Waals surface area (Å²) in [5.74, 6) is 12.4. The van der Waals surface area contributed by atoms with Crippen molar-refractivity contribution in [2.75, 3.05) is 194 Å². The van der Waals surface area contributed by atoms with Gasteiger partial charge in [-0.3, -0.25) is 14.7 Å². The van der Waals surface area contributed by atoms with Crippen LogP contribution in [0.15, 0.2) is 213 Å². The number of hydrogen-bond acceptors (Lipinski definition) is 40. The molecule has 15 N–H and O–H groups in total. The number of nitrogens with one attached hydrogen (secondary N) is 7. The molecule has 15 aromatic rings. The molecule has 44 heteroatoms. The first-order chi connectivity index (χ1) is 70.2. The van der Waals surface area contributed by atoms with E-state index in [1.807, 2.05) is 204 Å². The first kappa shape index (κ1) is 102. The molecule has 0 aliphatic carbocycles. The van der Waals surface area contributed by atoms with Crippen LogP contribution in [0, 0.1) is 13.8 Å². The Labute approximate surface area is 834 Å². The number of nitrogens with two attached hydrogens (primary N) is 4. The van der Waals surface area contributed by atoms with Gasteiger partial charge in [0.2, 0.25) is 47.6 Å². The molecule has 3 aliphatic heterocycles. The number of aromatic nitrogens is 19. The number of unbranched alkanes of at least 4 members (excludes halogenated alkanes) is 1. The fourth-order valence-corrected chi connectivity index (χ4v) is 15.5. The Morgan fingerprint density at radius 3 is 1.18 bits per heavy atom. The lowest BCUT2D eigenvalue weighted by Crippen LogP contribution is -2.45. The SMILES string of the molecule is COc1cc(Nc2nc(N)n(-c3cc(Nc4ccccc4)nc(C)n3)n2)ccc1OCCCCN1CCOCC1.COc1cc(Nc2nc(N)n(-c3cc(Nc4ccccc4)nc(C)n3)n2)ccc1OCCCN1CCOCC1.COc1cc(Nc2nc(N)n(-c3cc(Nc4ccccc4)ncn3)n2)ccc1OCCCN1CC(C)OC(C)C1.COc1ccc(OC(C)C)c(Nc2nc(N)n(-c3ccccn3)n2)c1. The summed E-state index contributed by atoms with van der Waals surface area (Å²) in [5, 5.41) is 40.3. The van der Waals surface area contributed by atoms with Gasteiger partial charge < -0.3 is 112 Å². The number of nitrogen functional groups attached to an aromatic ring is 4. The summed E-state index contributed by atoms with van der Waals surface area (Å²) in [7, 11) is 6.45. The first-order valence-electron chi connectivity index (χ1n) is 47.3.